The van der Waals surface area contributed by atoms with Crippen LogP contribution in [0.4, 0.5) is 5.95 Å². The molecule has 0 aliphatic carbocycles. The maximum atomic E-state index is 6.37. The third-order valence-corrected chi connectivity index (χ3v) is 3.52. The minimum Gasteiger partial charge on any atom is -0.490 e. The first-order chi connectivity index (χ1) is 11.7. The van der Waals surface area contributed by atoms with E-state index in [2.05, 4.69) is 27.8 Å². The SMILES string of the molecule is CCCOc1c(Cl)cc(CNc2nnnn2CCC)cc1OCC. The maximum absolute atomic E-state index is 6.37. The van der Waals surface area contributed by atoms with Crippen LogP contribution in [-0.4, -0.2) is 33.4 Å². The highest BCUT2D eigenvalue weighted by atomic mass is 35.5. The van der Waals surface area contributed by atoms with Crippen LogP contribution in [0.15, 0.2) is 12.1 Å². The number of tetrazole rings is 1. The van der Waals surface area contributed by atoms with Crippen molar-refractivity contribution in [3.8, 4) is 11.5 Å². The Bertz CT molecular complexity index is 647. The molecule has 8 heteroatoms. The van der Waals surface area contributed by atoms with Crippen molar-refractivity contribution >= 4 is 17.5 Å². The Balaban J connectivity index is 2.13. The molecule has 0 bridgehead atoms. The van der Waals surface area contributed by atoms with E-state index in [1.165, 1.54) is 0 Å². The van der Waals surface area contributed by atoms with Crippen LogP contribution in [0.3, 0.4) is 0 Å². The fourth-order valence-corrected chi connectivity index (χ4v) is 2.49. The number of nitrogens with zero attached hydrogens (tertiary/aromatic N) is 4. The largest absolute Gasteiger partial charge is 0.490 e. The third kappa shape index (κ3) is 4.74. The summed E-state index contributed by atoms with van der Waals surface area (Å²) >= 11 is 6.37. The van der Waals surface area contributed by atoms with Crippen LogP contribution in [-0.2, 0) is 13.1 Å². The molecule has 0 aliphatic rings. The van der Waals surface area contributed by atoms with Crippen LogP contribution in [0.25, 0.3) is 0 Å². The molecule has 132 valence electrons. The van der Waals surface area contributed by atoms with Crippen molar-refractivity contribution in [1.29, 1.82) is 0 Å². The number of halogens is 1. The summed E-state index contributed by atoms with van der Waals surface area (Å²) in [5.74, 6) is 1.89. The van der Waals surface area contributed by atoms with E-state index in [1.54, 1.807) is 4.68 Å². The molecule has 7 nitrogen and oxygen atoms in total. The summed E-state index contributed by atoms with van der Waals surface area (Å²) in [5, 5.41) is 15.4. The Morgan fingerprint density at radius 1 is 1.17 bits per heavy atom. The minimum atomic E-state index is 0.540. The number of rotatable bonds is 10. The van der Waals surface area contributed by atoms with Crippen molar-refractivity contribution in [3.05, 3.63) is 22.7 Å². The lowest BCUT2D eigenvalue weighted by Crippen LogP contribution is -2.09. The smallest absolute Gasteiger partial charge is 0.243 e. The highest BCUT2D eigenvalue weighted by molar-refractivity contribution is 6.32. The molecule has 0 saturated heterocycles. The molecule has 1 heterocycles. The van der Waals surface area contributed by atoms with Crippen molar-refractivity contribution in [2.24, 2.45) is 0 Å². The summed E-state index contributed by atoms with van der Waals surface area (Å²) in [7, 11) is 0. The molecular formula is C16H24ClN5O2. The van der Waals surface area contributed by atoms with Gasteiger partial charge in [0.1, 0.15) is 0 Å². The Labute approximate surface area is 147 Å². The number of benzene rings is 1. The van der Waals surface area contributed by atoms with E-state index in [-0.39, 0.29) is 0 Å². The second-order valence-electron chi connectivity index (χ2n) is 5.27. The van der Waals surface area contributed by atoms with E-state index in [0.717, 1.165) is 24.9 Å². The Morgan fingerprint density at radius 2 is 2.00 bits per heavy atom. The maximum Gasteiger partial charge on any atom is 0.243 e. The van der Waals surface area contributed by atoms with Crippen LogP contribution in [0.5, 0.6) is 11.5 Å². The molecule has 1 aromatic heterocycles. The van der Waals surface area contributed by atoms with Gasteiger partial charge in [-0.1, -0.05) is 30.5 Å². The number of hydrogen-bond donors (Lipinski definition) is 1. The Kier molecular flexibility index (Phi) is 7.11. The first-order valence-electron chi connectivity index (χ1n) is 8.27. The van der Waals surface area contributed by atoms with Crippen molar-refractivity contribution < 1.29 is 9.47 Å². The van der Waals surface area contributed by atoms with Crippen LogP contribution >= 0.6 is 11.6 Å². The normalized spacial score (nSPS) is 10.7. The van der Waals surface area contributed by atoms with Crippen molar-refractivity contribution in [2.75, 3.05) is 18.5 Å². The van der Waals surface area contributed by atoms with Gasteiger partial charge in [-0.05, 0) is 47.9 Å². The van der Waals surface area contributed by atoms with Gasteiger partial charge in [0.05, 0.1) is 18.2 Å². The third-order valence-electron chi connectivity index (χ3n) is 3.24. The van der Waals surface area contributed by atoms with Crippen LogP contribution in [0.1, 0.15) is 39.2 Å². The monoisotopic (exact) mass is 353 g/mol. The standard InChI is InChI=1S/C16H24ClN5O2/c1-4-7-22-16(19-20-21-22)18-11-12-9-13(17)15(24-8-5-2)14(10-12)23-6-3/h9-10H,4-8,11H2,1-3H3,(H,18,19,21). The van der Waals surface area contributed by atoms with Gasteiger partial charge in [0.15, 0.2) is 11.5 Å². The zero-order chi connectivity index (χ0) is 17.4. The molecule has 1 aromatic carbocycles. The molecule has 2 rings (SSSR count). The molecule has 0 radical (unpaired) electrons. The lowest BCUT2D eigenvalue weighted by molar-refractivity contribution is 0.277. The average Bonchev–Trinajstić information content (AvgIpc) is 3.00. The highest BCUT2D eigenvalue weighted by Crippen LogP contribution is 2.37. The van der Waals surface area contributed by atoms with E-state index in [0.29, 0.717) is 42.2 Å². The second-order valence-corrected chi connectivity index (χ2v) is 5.67. The van der Waals surface area contributed by atoms with Crippen molar-refractivity contribution in [2.45, 2.75) is 46.7 Å². The van der Waals surface area contributed by atoms with Crippen LogP contribution in [0.2, 0.25) is 5.02 Å². The number of aryl methyl sites for hydroxylation is 1. The number of hydrogen-bond acceptors (Lipinski definition) is 6. The lowest BCUT2D eigenvalue weighted by Gasteiger charge is -2.15. The highest BCUT2D eigenvalue weighted by Gasteiger charge is 2.13. The molecule has 0 fully saturated rings. The van der Waals surface area contributed by atoms with E-state index in [1.807, 2.05) is 26.0 Å². The van der Waals surface area contributed by atoms with Gasteiger partial charge >= 0.3 is 0 Å². The quantitative estimate of drug-likeness (QED) is 0.704. The van der Waals surface area contributed by atoms with Crippen LogP contribution < -0.4 is 14.8 Å². The van der Waals surface area contributed by atoms with Gasteiger partial charge in [0.2, 0.25) is 5.95 Å². The van der Waals surface area contributed by atoms with Gasteiger partial charge in [-0.2, -0.15) is 0 Å². The lowest BCUT2D eigenvalue weighted by atomic mass is 10.2. The van der Waals surface area contributed by atoms with Crippen molar-refractivity contribution in [3.63, 3.8) is 0 Å². The predicted molar refractivity (Wildman–Crippen MR) is 93.8 cm³/mol. The summed E-state index contributed by atoms with van der Waals surface area (Å²) in [5.41, 5.74) is 0.971. The minimum absolute atomic E-state index is 0.540. The molecule has 1 N–H and O–H groups in total. The van der Waals surface area contributed by atoms with Crippen molar-refractivity contribution in [1.82, 2.24) is 20.2 Å². The topological polar surface area (TPSA) is 74.1 Å². The molecule has 0 unspecified atom stereocenters. The summed E-state index contributed by atoms with van der Waals surface area (Å²) in [6.45, 7) is 8.51. The number of aromatic nitrogens is 4. The zero-order valence-corrected chi connectivity index (χ0v) is 15.1. The van der Waals surface area contributed by atoms with E-state index in [9.17, 15) is 0 Å². The average molecular weight is 354 g/mol. The fourth-order valence-electron chi connectivity index (χ4n) is 2.21. The number of ether oxygens (including phenoxy) is 2. The molecule has 0 atom stereocenters. The summed E-state index contributed by atoms with van der Waals surface area (Å²) < 4.78 is 13.1. The summed E-state index contributed by atoms with van der Waals surface area (Å²) in [4.78, 5) is 0. The Morgan fingerprint density at radius 3 is 2.71 bits per heavy atom. The molecule has 2 aromatic rings. The molecular weight excluding hydrogens is 330 g/mol. The molecule has 0 spiro atoms. The van der Waals surface area contributed by atoms with Gasteiger partial charge in [0.25, 0.3) is 0 Å². The Hall–Kier alpha value is -2.02. The molecule has 0 amide bonds. The fraction of sp³-hybridized carbons (Fsp3) is 0.562. The van der Waals surface area contributed by atoms with E-state index < -0.39 is 0 Å². The predicted octanol–water partition coefficient (Wildman–Crippen LogP) is 3.54. The summed E-state index contributed by atoms with van der Waals surface area (Å²) in [6, 6.07) is 3.80. The molecule has 0 aliphatic heterocycles. The molecule has 0 saturated carbocycles. The van der Waals surface area contributed by atoms with Gasteiger partial charge < -0.3 is 14.8 Å². The first-order valence-corrected chi connectivity index (χ1v) is 8.65. The number of nitrogens with one attached hydrogen (secondary N) is 1. The van der Waals surface area contributed by atoms with Gasteiger partial charge in [-0.3, -0.25) is 0 Å². The number of anilines is 1. The zero-order valence-electron chi connectivity index (χ0n) is 14.4. The van der Waals surface area contributed by atoms with Gasteiger partial charge in [0, 0.05) is 13.1 Å². The van der Waals surface area contributed by atoms with E-state index in [4.69, 9.17) is 21.1 Å². The molecule has 24 heavy (non-hydrogen) atoms. The van der Waals surface area contributed by atoms with Crippen LogP contribution in [0, 0.1) is 0 Å². The van der Waals surface area contributed by atoms with Gasteiger partial charge in [-0.15, -0.1) is 0 Å². The first kappa shape index (κ1) is 18.3. The summed E-state index contributed by atoms with van der Waals surface area (Å²) in [6.07, 6.45) is 1.87. The van der Waals surface area contributed by atoms with Gasteiger partial charge in [-0.25, -0.2) is 4.68 Å². The van der Waals surface area contributed by atoms with E-state index >= 15 is 0 Å². The second kappa shape index (κ2) is 9.32.